The highest BCUT2D eigenvalue weighted by Gasteiger charge is 2.35. The Morgan fingerprint density at radius 1 is 1.22 bits per heavy atom. The van der Waals surface area contributed by atoms with Crippen molar-refractivity contribution >= 4 is 17.4 Å². The number of anilines is 1. The van der Waals surface area contributed by atoms with Gasteiger partial charge in [-0.1, -0.05) is 19.1 Å². The number of benzene rings is 1. The van der Waals surface area contributed by atoms with Crippen LogP contribution in [-0.4, -0.2) is 49.2 Å². The number of hydrogen-bond donors (Lipinski definition) is 1. The molecule has 1 N–H and O–H groups in total. The molecule has 4 heterocycles. The van der Waals surface area contributed by atoms with Crippen molar-refractivity contribution in [3.8, 4) is 17.3 Å². The topological polar surface area (TPSA) is 108 Å². The lowest BCUT2D eigenvalue weighted by molar-refractivity contribution is -0.116. The SMILES string of the molecule is CCCOc1c(OC)cccc1C1CC(=O)Nc2c1c(C)nn2-c1ccc2nncn2n1. The average molecular weight is 433 g/mol. The van der Waals surface area contributed by atoms with E-state index in [0.717, 1.165) is 23.2 Å². The summed E-state index contributed by atoms with van der Waals surface area (Å²) in [6, 6.07) is 9.37. The summed E-state index contributed by atoms with van der Waals surface area (Å²) in [4.78, 5) is 12.8. The molecule has 0 radical (unpaired) electrons. The van der Waals surface area contributed by atoms with Crippen LogP contribution in [0.4, 0.5) is 5.82 Å². The number of fused-ring (bicyclic) bond motifs is 2. The number of methoxy groups -OCH3 is 1. The molecule has 5 rings (SSSR count). The van der Waals surface area contributed by atoms with Gasteiger partial charge in [-0.2, -0.15) is 14.3 Å². The number of aromatic nitrogens is 6. The number of ether oxygens (including phenoxy) is 2. The Balaban J connectivity index is 1.66. The van der Waals surface area contributed by atoms with Crippen molar-refractivity contribution in [3.63, 3.8) is 0 Å². The van der Waals surface area contributed by atoms with E-state index in [0.29, 0.717) is 35.4 Å². The van der Waals surface area contributed by atoms with Gasteiger partial charge in [0.05, 0.1) is 19.4 Å². The van der Waals surface area contributed by atoms with Gasteiger partial charge in [0.1, 0.15) is 12.1 Å². The smallest absolute Gasteiger partial charge is 0.226 e. The minimum absolute atomic E-state index is 0.0988. The van der Waals surface area contributed by atoms with Crippen LogP contribution in [0.2, 0.25) is 0 Å². The van der Waals surface area contributed by atoms with Gasteiger partial charge in [0, 0.05) is 23.5 Å². The molecule has 10 heteroatoms. The first kappa shape index (κ1) is 20.0. The number of rotatable bonds is 6. The number of aryl methyl sites for hydroxylation is 1. The van der Waals surface area contributed by atoms with Gasteiger partial charge in [0.2, 0.25) is 5.91 Å². The van der Waals surface area contributed by atoms with E-state index in [1.165, 1.54) is 6.33 Å². The van der Waals surface area contributed by atoms with Crippen LogP contribution in [0.25, 0.3) is 11.5 Å². The predicted octanol–water partition coefficient (Wildman–Crippen LogP) is 2.89. The van der Waals surface area contributed by atoms with Crippen LogP contribution in [0.15, 0.2) is 36.7 Å². The molecule has 0 saturated heterocycles. The van der Waals surface area contributed by atoms with Crippen LogP contribution >= 0.6 is 0 Å². The van der Waals surface area contributed by atoms with Crippen LogP contribution in [0.5, 0.6) is 11.5 Å². The number of nitrogens with one attached hydrogen (secondary N) is 1. The van der Waals surface area contributed by atoms with E-state index in [1.54, 1.807) is 28.4 Å². The number of hydrogen-bond acceptors (Lipinski definition) is 7. The fourth-order valence-electron chi connectivity index (χ4n) is 4.14. The van der Waals surface area contributed by atoms with E-state index in [9.17, 15) is 4.79 Å². The van der Waals surface area contributed by atoms with E-state index < -0.39 is 0 Å². The zero-order chi connectivity index (χ0) is 22.2. The number of amides is 1. The Bertz CT molecular complexity index is 1310. The Morgan fingerprint density at radius 2 is 2.09 bits per heavy atom. The molecule has 1 aliphatic heterocycles. The highest BCUT2D eigenvalue weighted by molar-refractivity contribution is 5.95. The molecule has 164 valence electrons. The van der Waals surface area contributed by atoms with Gasteiger partial charge < -0.3 is 14.8 Å². The minimum Gasteiger partial charge on any atom is -0.493 e. The lowest BCUT2D eigenvalue weighted by atomic mass is 9.85. The van der Waals surface area contributed by atoms with Crippen molar-refractivity contribution in [1.82, 2.24) is 29.6 Å². The monoisotopic (exact) mass is 433 g/mol. The molecule has 0 spiro atoms. The zero-order valence-corrected chi connectivity index (χ0v) is 18.1. The van der Waals surface area contributed by atoms with Crippen molar-refractivity contribution in [1.29, 1.82) is 0 Å². The molecule has 3 aromatic heterocycles. The average Bonchev–Trinajstić information content (AvgIpc) is 3.40. The second kappa shape index (κ2) is 7.95. The molecule has 1 amide bonds. The quantitative estimate of drug-likeness (QED) is 0.498. The molecule has 0 saturated carbocycles. The summed E-state index contributed by atoms with van der Waals surface area (Å²) in [5.41, 5.74) is 3.27. The third kappa shape index (κ3) is 3.24. The van der Waals surface area contributed by atoms with Gasteiger partial charge in [0.15, 0.2) is 23.0 Å². The van der Waals surface area contributed by atoms with E-state index in [1.807, 2.05) is 25.1 Å². The maximum absolute atomic E-state index is 12.8. The summed E-state index contributed by atoms with van der Waals surface area (Å²) in [5.74, 6) is 2.14. The molecule has 32 heavy (non-hydrogen) atoms. The summed E-state index contributed by atoms with van der Waals surface area (Å²) in [7, 11) is 1.62. The van der Waals surface area contributed by atoms with Crippen molar-refractivity contribution in [2.45, 2.75) is 32.6 Å². The Labute approximate surface area is 184 Å². The zero-order valence-electron chi connectivity index (χ0n) is 18.1. The normalized spacial score (nSPS) is 15.5. The minimum atomic E-state index is -0.229. The maximum atomic E-state index is 12.8. The number of nitrogens with zero attached hydrogens (tertiary/aromatic N) is 6. The van der Waals surface area contributed by atoms with Crippen molar-refractivity contribution in [3.05, 3.63) is 53.5 Å². The van der Waals surface area contributed by atoms with E-state index in [4.69, 9.17) is 14.6 Å². The van der Waals surface area contributed by atoms with Gasteiger partial charge in [-0.25, -0.2) is 0 Å². The van der Waals surface area contributed by atoms with Crippen molar-refractivity contribution in [2.75, 3.05) is 19.0 Å². The molecule has 1 atom stereocenters. The van der Waals surface area contributed by atoms with Crippen LogP contribution in [0, 0.1) is 6.92 Å². The molecule has 0 aliphatic carbocycles. The Morgan fingerprint density at radius 3 is 2.91 bits per heavy atom. The van der Waals surface area contributed by atoms with Crippen molar-refractivity contribution in [2.24, 2.45) is 0 Å². The third-order valence-corrected chi connectivity index (χ3v) is 5.52. The second-order valence-electron chi connectivity index (χ2n) is 7.62. The summed E-state index contributed by atoms with van der Waals surface area (Å²) in [6.07, 6.45) is 2.67. The summed E-state index contributed by atoms with van der Waals surface area (Å²) in [6.45, 7) is 4.54. The Hall–Kier alpha value is -3.95. The highest BCUT2D eigenvalue weighted by atomic mass is 16.5. The summed E-state index contributed by atoms with van der Waals surface area (Å²) < 4.78 is 14.8. The number of carbonyl (C=O) groups excluding carboxylic acids is 1. The van der Waals surface area contributed by atoms with Gasteiger partial charge >= 0.3 is 0 Å². The number of para-hydroxylation sites is 1. The van der Waals surface area contributed by atoms with Gasteiger partial charge in [-0.3, -0.25) is 4.79 Å². The standard InChI is InChI=1S/C22H23N7O3/c1-4-10-32-21-14(6-5-7-16(21)31-3)15-11-19(30)24-22-20(15)13(2)26-29(22)18-9-8-17-25-23-12-28(17)27-18/h5-9,12,15H,4,10-11H2,1-3H3,(H,24,30). The first-order valence-corrected chi connectivity index (χ1v) is 10.5. The molecule has 1 aromatic carbocycles. The molecule has 1 aliphatic rings. The molecule has 0 bridgehead atoms. The summed E-state index contributed by atoms with van der Waals surface area (Å²) in [5, 5.41) is 20.1. The van der Waals surface area contributed by atoms with Crippen LogP contribution in [0.3, 0.4) is 0 Å². The molecule has 4 aromatic rings. The lowest BCUT2D eigenvalue weighted by Crippen LogP contribution is -2.25. The van der Waals surface area contributed by atoms with E-state index in [-0.39, 0.29) is 18.2 Å². The number of carbonyl (C=O) groups is 1. The van der Waals surface area contributed by atoms with Crippen molar-refractivity contribution < 1.29 is 14.3 Å². The predicted molar refractivity (Wildman–Crippen MR) is 117 cm³/mol. The van der Waals surface area contributed by atoms with Crippen LogP contribution in [-0.2, 0) is 4.79 Å². The van der Waals surface area contributed by atoms with Crippen LogP contribution in [0.1, 0.15) is 42.5 Å². The first-order valence-electron chi connectivity index (χ1n) is 10.5. The largest absolute Gasteiger partial charge is 0.493 e. The summed E-state index contributed by atoms with van der Waals surface area (Å²) >= 11 is 0. The second-order valence-corrected chi connectivity index (χ2v) is 7.62. The highest BCUT2D eigenvalue weighted by Crippen LogP contribution is 2.45. The van der Waals surface area contributed by atoms with Crippen LogP contribution < -0.4 is 14.8 Å². The van der Waals surface area contributed by atoms with Gasteiger partial charge in [-0.15, -0.1) is 15.3 Å². The van der Waals surface area contributed by atoms with Gasteiger partial charge in [0.25, 0.3) is 0 Å². The maximum Gasteiger partial charge on any atom is 0.226 e. The molecule has 10 nitrogen and oxygen atoms in total. The fraction of sp³-hybridized carbons (Fsp3) is 0.318. The molecular formula is C22H23N7O3. The fourth-order valence-corrected chi connectivity index (χ4v) is 4.14. The van der Waals surface area contributed by atoms with E-state index in [2.05, 4.69) is 27.5 Å². The molecular weight excluding hydrogens is 410 g/mol. The van der Waals surface area contributed by atoms with E-state index >= 15 is 0 Å². The first-order chi connectivity index (χ1) is 15.6. The molecule has 0 fully saturated rings. The Kier molecular flexibility index (Phi) is 4.96. The lowest BCUT2D eigenvalue weighted by Gasteiger charge is -2.26. The molecule has 1 unspecified atom stereocenters. The van der Waals surface area contributed by atoms with Gasteiger partial charge in [-0.05, 0) is 31.5 Å². The third-order valence-electron chi connectivity index (χ3n) is 5.52.